The number of rotatable bonds is 0. The second-order valence-electron chi connectivity index (χ2n) is 11.0. The molecule has 0 N–H and O–H groups in total. The Kier molecular flexibility index (Phi) is 9.99. The number of benzene rings is 3. The molecule has 0 saturated heterocycles. The van der Waals surface area contributed by atoms with E-state index in [2.05, 4.69) is 133 Å². The van der Waals surface area contributed by atoms with E-state index in [-0.39, 0.29) is 37.0 Å². The number of hydrogen-bond acceptors (Lipinski definition) is 0. The minimum atomic E-state index is 0. The molecule has 0 aliphatic heterocycles. The summed E-state index contributed by atoms with van der Waals surface area (Å²) in [5.41, 5.74) is 8.76. The normalized spacial score (nSPS) is 11.9. The van der Waals surface area contributed by atoms with Crippen molar-refractivity contribution in [1.29, 1.82) is 0 Å². The van der Waals surface area contributed by atoms with Crippen LogP contribution in [0.4, 0.5) is 0 Å². The zero-order valence-electron chi connectivity index (χ0n) is 22.1. The fourth-order valence-corrected chi connectivity index (χ4v) is 4.05. The second kappa shape index (κ2) is 11.9. The molecule has 0 bridgehead atoms. The van der Waals surface area contributed by atoms with Crippen LogP contribution in [-0.2, 0) is 43.5 Å². The molecular weight excluding hydrogens is 504 g/mol. The molecule has 2 heteroatoms. The summed E-state index contributed by atoms with van der Waals surface area (Å²) >= 11 is 0. The van der Waals surface area contributed by atoms with Gasteiger partial charge in [0.05, 0.1) is 0 Å². The van der Waals surface area contributed by atoms with E-state index in [1.807, 2.05) is 0 Å². The Morgan fingerprint density at radius 1 is 0.794 bits per heavy atom. The molecule has 5 rings (SSSR count). The third-order valence-corrected chi connectivity index (χ3v) is 6.07. The first-order chi connectivity index (χ1) is 15.5. The summed E-state index contributed by atoms with van der Waals surface area (Å²) in [6.07, 6.45) is 1.03. The van der Waals surface area contributed by atoms with Gasteiger partial charge in [-0.2, -0.15) is 46.8 Å². The van der Waals surface area contributed by atoms with Gasteiger partial charge in [0.1, 0.15) is 0 Å². The molecule has 34 heavy (non-hydrogen) atoms. The van der Waals surface area contributed by atoms with Gasteiger partial charge in [-0.15, -0.1) is 35.2 Å². The van der Waals surface area contributed by atoms with Crippen molar-refractivity contribution < 1.29 is 26.2 Å². The molecule has 2 radical (unpaired) electrons. The van der Waals surface area contributed by atoms with Gasteiger partial charge in [-0.05, 0) is 17.4 Å². The van der Waals surface area contributed by atoms with Crippen molar-refractivity contribution in [2.24, 2.45) is 0 Å². The topological polar surface area (TPSA) is 0 Å². The van der Waals surface area contributed by atoms with Crippen LogP contribution in [0.15, 0.2) is 72.8 Å². The average molecular weight is 542 g/mol. The summed E-state index contributed by atoms with van der Waals surface area (Å²) in [5, 5.41) is 2.66. The minimum Gasteiger partial charge on any atom is -0.179 e. The molecule has 0 spiro atoms. The van der Waals surface area contributed by atoms with Gasteiger partial charge in [0.15, 0.2) is 0 Å². The van der Waals surface area contributed by atoms with Crippen LogP contribution in [-0.4, -0.2) is 9.52 Å². The van der Waals surface area contributed by atoms with Crippen LogP contribution in [0.3, 0.4) is 0 Å². The first-order valence-corrected chi connectivity index (χ1v) is 13.9. The molecular formula is C32H38SiZr. The van der Waals surface area contributed by atoms with E-state index in [0.717, 1.165) is 15.9 Å². The third kappa shape index (κ3) is 6.96. The standard InChI is InChI=1S/C21H25.C9H7.C2H6Si.Zr/c1-20(2,3)16-9-7-14-11-15-8-10-17(21(4,5)6)13-19(15)18(14)12-16;1-2-5-9-7-3-6-8(9)4-1;1-3-2;/h7,9-10,12-13H,11H2,1-6H3;1-7H;1-2H3;/q2*-1;;+2. The number of fused-ring (bicyclic) bond motifs is 4. The molecule has 0 saturated carbocycles. The first kappa shape index (κ1) is 28.6. The van der Waals surface area contributed by atoms with E-state index in [1.54, 1.807) is 0 Å². The van der Waals surface area contributed by atoms with Crippen LogP contribution in [0.5, 0.6) is 0 Å². The first-order valence-electron chi connectivity index (χ1n) is 11.9. The van der Waals surface area contributed by atoms with Crippen LogP contribution in [0.25, 0.3) is 21.9 Å². The van der Waals surface area contributed by atoms with E-state index in [0.29, 0.717) is 0 Å². The Morgan fingerprint density at radius 3 is 2.03 bits per heavy atom. The van der Waals surface area contributed by atoms with Crippen molar-refractivity contribution in [1.82, 2.24) is 0 Å². The van der Waals surface area contributed by atoms with Crippen molar-refractivity contribution in [3.05, 3.63) is 101 Å². The van der Waals surface area contributed by atoms with Gasteiger partial charge in [0.2, 0.25) is 0 Å². The average Bonchev–Trinajstić information content (AvgIpc) is 3.37. The van der Waals surface area contributed by atoms with E-state index < -0.39 is 0 Å². The molecule has 4 aromatic carbocycles. The van der Waals surface area contributed by atoms with Crippen LogP contribution in [0.1, 0.15) is 63.8 Å². The van der Waals surface area contributed by atoms with Gasteiger partial charge >= 0.3 is 26.2 Å². The van der Waals surface area contributed by atoms with Gasteiger partial charge in [-0.3, -0.25) is 0 Å². The molecule has 4 aromatic rings. The van der Waals surface area contributed by atoms with E-state index in [9.17, 15) is 0 Å². The summed E-state index contributed by atoms with van der Waals surface area (Å²) in [6, 6.07) is 29.7. The largest absolute Gasteiger partial charge is 2.00 e. The zero-order chi connectivity index (χ0) is 24.2. The van der Waals surface area contributed by atoms with Crippen LogP contribution < -0.4 is 0 Å². The SMILES string of the molecule is CC(C)(C)c1c[c-]c2c(c1)-c1cc(C(C)(C)C)ccc1C2.C[Si]C.[Zr+2].c1ccc2[cH-]ccc2c1. The molecule has 1 aliphatic carbocycles. The fourth-order valence-electron chi connectivity index (χ4n) is 4.05. The van der Waals surface area contributed by atoms with Gasteiger partial charge < -0.3 is 0 Å². The maximum absolute atomic E-state index is 3.53. The van der Waals surface area contributed by atoms with Crippen LogP contribution in [0, 0.1) is 6.07 Å². The smallest absolute Gasteiger partial charge is 0.179 e. The van der Waals surface area contributed by atoms with Gasteiger partial charge in [-0.1, -0.05) is 95.4 Å². The zero-order valence-corrected chi connectivity index (χ0v) is 25.6. The van der Waals surface area contributed by atoms with E-state index in [4.69, 9.17) is 0 Å². The van der Waals surface area contributed by atoms with Crippen molar-refractivity contribution in [2.45, 2.75) is 71.9 Å². The van der Waals surface area contributed by atoms with E-state index in [1.165, 1.54) is 44.2 Å². The Labute approximate surface area is 229 Å². The Morgan fingerprint density at radius 2 is 1.41 bits per heavy atom. The third-order valence-electron chi connectivity index (χ3n) is 6.07. The molecule has 0 atom stereocenters. The molecule has 0 amide bonds. The Hall–Kier alpha value is -1.63. The number of hydrogen-bond donors (Lipinski definition) is 0. The quantitative estimate of drug-likeness (QED) is 0.135. The monoisotopic (exact) mass is 540 g/mol. The summed E-state index contributed by atoms with van der Waals surface area (Å²) in [6.45, 7) is 17.9. The van der Waals surface area contributed by atoms with Crippen molar-refractivity contribution in [3.8, 4) is 11.1 Å². The molecule has 174 valence electrons. The molecule has 0 heterocycles. The predicted molar refractivity (Wildman–Crippen MR) is 148 cm³/mol. The summed E-state index contributed by atoms with van der Waals surface area (Å²) in [4.78, 5) is 0. The molecule has 0 unspecified atom stereocenters. The Balaban J connectivity index is 0.000000261. The predicted octanol–water partition coefficient (Wildman–Crippen LogP) is 9.00. The summed E-state index contributed by atoms with van der Waals surface area (Å²) in [7, 11) is 1.08. The van der Waals surface area contributed by atoms with Gasteiger partial charge in [-0.25, -0.2) is 0 Å². The Bertz CT molecular complexity index is 1110. The molecule has 0 aromatic heterocycles. The fraction of sp³-hybridized carbons (Fsp3) is 0.344. The van der Waals surface area contributed by atoms with Gasteiger partial charge in [0.25, 0.3) is 0 Å². The summed E-state index contributed by atoms with van der Waals surface area (Å²) in [5.74, 6) is 0. The van der Waals surface area contributed by atoms with Crippen molar-refractivity contribution in [2.75, 3.05) is 0 Å². The van der Waals surface area contributed by atoms with Crippen LogP contribution in [0.2, 0.25) is 13.1 Å². The van der Waals surface area contributed by atoms with Crippen molar-refractivity contribution in [3.63, 3.8) is 0 Å². The van der Waals surface area contributed by atoms with Crippen molar-refractivity contribution >= 4 is 20.3 Å². The maximum Gasteiger partial charge on any atom is 2.00 e. The molecule has 1 aliphatic rings. The van der Waals surface area contributed by atoms with E-state index >= 15 is 0 Å². The molecule has 0 nitrogen and oxygen atoms in total. The van der Waals surface area contributed by atoms with Crippen LogP contribution >= 0.6 is 0 Å². The summed E-state index contributed by atoms with van der Waals surface area (Å²) < 4.78 is 0. The molecule has 0 fully saturated rings. The minimum absolute atomic E-state index is 0. The van der Waals surface area contributed by atoms with Gasteiger partial charge in [0, 0.05) is 9.52 Å². The maximum atomic E-state index is 3.53. The second-order valence-corrected chi connectivity index (χ2v) is 12.0.